The number of anilines is 1. The molecular weight excluding hydrogens is 457 g/mol. The molecule has 1 N–H and O–H groups in total. The molecule has 1 aliphatic rings. The number of fused-ring (bicyclic) bond motifs is 1. The molecule has 1 aliphatic heterocycles. The Hall–Kier alpha value is -3.62. The summed E-state index contributed by atoms with van der Waals surface area (Å²) in [7, 11) is 0. The zero-order valence-corrected chi connectivity index (χ0v) is 19.6. The lowest BCUT2D eigenvalue weighted by atomic mass is 10.1. The number of aromatic nitrogens is 2. The fraction of sp³-hybridized carbons (Fsp3) is 0.346. The normalized spacial score (nSPS) is 17.1. The first-order valence-electron chi connectivity index (χ1n) is 11.6. The molecule has 35 heavy (non-hydrogen) atoms. The van der Waals surface area contributed by atoms with Gasteiger partial charge in [-0.05, 0) is 69.0 Å². The monoisotopic (exact) mass is 484 g/mol. The number of alkyl halides is 3. The lowest BCUT2D eigenvalue weighted by Crippen LogP contribution is -2.34. The maximum absolute atomic E-state index is 13.2. The fourth-order valence-electron chi connectivity index (χ4n) is 4.55. The summed E-state index contributed by atoms with van der Waals surface area (Å²) < 4.78 is 41.4. The van der Waals surface area contributed by atoms with Crippen molar-refractivity contribution in [3.05, 3.63) is 71.3 Å². The maximum atomic E-state index is 13.2. The van der Waals surface area contributed by atoms with E-state index in [9.17, 15) is 22.8 Å². The number of allylic oxidation sites excluding steroid dienone is 1. The molecule has 2 aromatic carbocycles. The summed E-state index contributed by atoms with van der Waals surface area (Å²) in [5, 5.41) is 2.74. The van der Waals surface area contributed by atoms with Gasteiger partial charge >= 0.3 is 6.18 Å². The van der Waals surface area contributed by atoms with Gasteiger partial charge in [-0.3, -0.25) is 14.9 Å². The van der Waals surface area contributed by atoms with Crippen LogP contribution in [-0.4, -0.2) is 39.4 Å². The van der Waals surface area contributed by atoms with Crippen LogP contribution >= 0.6 is 0 Å². The number of benzene rings is 2. The van der Waals surface area contributed by atoms with E-state index in [0.717, 1.165) is 42.5 Å². The smallest absolute Gasteiger partial charge is 0.337 e. The van der Waals surface area contributed by atoms with Gasteiger partial charge in [0.1, 0.15) is 0 Å². The second-order valence-corrected chi connectivity index (χ2v) is 8.71. The Morgan fingerprint density at radius 2 is 1.91 bits per heavy atom. The van der Waals surface area contributed by atoms with Crippen LogP contribution in [0.4, 0.5) is 19.1 Å². The molecule has 0 radical (unpaired) electrons. The number of carbonyl (C=O) groups excluding carboxylic acids is 2. The van der Waals surface area contributed by atoms with E-state index < -0.39 is 17.6 Å². The quantitative estimate of drug-likeness (QED) is 0.480. The van der Waals surface area contributed by atoms with Gasteiger partial charge in [-0.25, -0.2) is 4.98 Å². The van der Waals surface area contributed by atoms with Crippen molar-refractivity contribution < 1.29 is 22.8 Å². The number of para-hydroxylation sites is 1. The second-order valence-electron chi connectivity index (χ2n) is 8.71. The average Bonchev–Trinajstić information content (AvgIpc) is 3.01. The van der Waals surface area contributed by atoms with E-state index >= 15 is 0 Å². The Morgan fingerprint density at radius 1 is 1.14 bits per heavy atom. The number of amides is 2. The van der Waals surface area contributed by atoms with Gasteiger partial charge in [-0.1, -0.05) is 24.3 Å². The zero-order valence-electron chi connectivity index (χ0n) is 19.6. The van der Waals surface area contributed by atoms with Crippen LogP contribution in [0.25, 0.3) is 11.0 Å². The van der Waals surface area contributed by atoms with Crippen molar-refractivity contribution in [3.63, 3.8) is 0 Å². The molecule has 2 heterocycles. The topological polar surface area (TPSA) is 67.2 Å². The highest BCUT2D eigenvalue weighted by Crippen LogP contribution is 2.33. The van der Waals surface area contributed by atoms with Gasteiger partial charge in [0.15, 0.2) is 0 Å². The molecule has 2 amide bonds. The van der Waals surface area contributed by atoms with E-state index in [-0.39, 0.29) is 23.5 Å². The first-order chi connectivity index (χ1) is 16.7. The molecule has 1 fully saturated rings. The summed E-state index contributed by atoms with van der Waals surface area (Å²) in [5.41, 5.74) is 1.44. The summed E-state index contributed by atoms with van der Waals surface area (Å²) >= 11 is 0. The third-order valence-corrected chi connectivity index (χ3v) is 6.22. The Morgan fingerprint density at radius 3 is 2.66 bits per heavy atom. The van der Waals surface area contributed by atoms with E-state index in [4.69, 9.17) is 0 Å². The molecular formula is C26H27F3N4O2. The third-order valence-electron chi connectivity index (χ3n) is 6.22. The number of carbonyl (C=O) groups is 2. The predicted octanol–water partition coefficient (Wildman–Crippen LogP) is 5.75. The number of hydrogen-bond donors (Lipinski definition) is 1. The molecule has 0 aliphatic carbocycles. The van der Waals surface area contributed by atoms with Crippen LogP contribution in [0.15, 0.2) is 54.6 Å². The van der Waals surface area contributed by atoms with Gasteiger partial charge in [0, 0.05) is 18.7 Å². The third kappa shape index (κ3) is 5.23. The van der Waals surface area contributed by atoms with Gasteiger partial charge in [0.05, 0.1) is 22.6 Å². The van der Waals surface area contributed by atoms with Crippen molar-refractivity contribution >= 4 is 28.8 Å². The van der Waals surface area contributed by atoms with Crippen molar-refractivity contribution in [2.75, 3.05) is 18.4 Å². The van der Waals surface area contributed by atoms with Crippen LogP contribution < -0.4 is 5.32 Å². The van der Waals surface area contributed by atoms with Gasteiger partial charge < -0.3 is 9.47 Å². The largest absolute Gasteiger partial charge is 0.416 e. The van der Waals surface area contributed by atoms with Gasteiger partial charge in [0.2, 0.25) is 11.9 Å². The van der Waals surface area contributed by atoms with Crippen LogP contribution in [0.5, 0.6) is 0 Å². The van der Waals surface area contributed by atoms with Crippen LogP contribution in [0.2, 0.25) is 0 Å². The predicted molar refractivity (Wildman–Crippen MR) is 128 cm³/mol. The van der Waals surface area contributed by atoms with Gasteiger partial charge in [-0.2, -0.15) is 13.2 Å². The summed E-state index contributed by atoms with van der Waals surface area (Å²) in [4.78, 5) is 32.0. The molecule has 184 valence electrons. The minimum atomic E-state index is -4.55. The molecule has 1 aromatic heterocycles. The highest BCUT2D eigenvalue weighted by atomic mass is 19.4. The zero-order chi connectivity index (χ0) is 25.2. The molecule has 0 spiro atoms. The van der Waals surface area contributed by atoms with Crippen LogP contribution in [0.1, 0.15) is 53.7 Å². The summed E-state index contributed by atoms with van der Waals surface area (Å²) in [5.74, 6) is -0.502. The van der Waals surface area contributed by atoms with Crippen LogP contribution in [0, 0.1) is 6.92 Å². The van der Waals surface area contributed by atoms with E-state index in [2.05, 4.69) is 10.3 Å². The van der Waals surface area contributed by atoms with Crippen molar-refractivity contribution in [1.82, 2.24) is 14.5 Å². The number of likely N-dealkylation sites (tertiary alicyclic amines) is 1. The number of nitrogens with one attached hydrogen (secondary N) is 1. The van der Waals surface area contributed by atoms with E-state index in [1.54, 1.807) is 17.9 Å². The SMILES string of the molecule is CC=CC(=O)N1CCCCC(n2c(NC(=O)c3cccc(C(F)(F)F)c3)nc3cccc(C)c32)C1. The standard InChI is InChI=1S/C26H27F3N4O2/c1-3-8-22(34)32-14-5-4-12-20(16-32)33-23-17(2)9-6-13-21(23)30-25(33)31-24(35)18-10-7-11-19(15-18)26(27,28)29/h3,6-11,13,15,20H,4-5,12,14,16H2,1-2H3,(H,30,31,35). The molecule has 1 atom stereocenters. The molecule has 0 bridgehead atoms. The highest BCUT2D eigenvalue weighted by molar-refractivity contribution is 6.04. The van der Waals surface area contributed by atoms with Crippen LogP contribution in [0.3, 0.4) is 0 Å². The molecule has 1 saturated heterocycles. The minimum Gasteiger partial charge on any atom is -0.337 e. The van der Waals surface area contributed by atoms with Crippen LogP contribution in [-0.2, 0) is 11.0 Å². The first kappa shape index (κ1) is 24.5. The molecule has 3 aromatic rings. The summed E-state index contributed by atoms with van der Waals surface area (Å²) in [6, 6.07) is 9.79. The Labute approximate surface area is 201 Å². The minimum absolute atomic E-state index is 0.0740. The highest BCUT2D eigenvalue weighted by Gasteiger charge is 2.31. The Balaban J connectivity index is 1.74. The van der Waals surface area contributed by atoms with Gasteiger partial charge in [-0.15, -0.1) is 0 Å². The molecule has 4 rings (SSSR count). The molecule has 0 saturated carbocycles. The second kappa shape index (κ2) is 9.93. The summed E-state index contributed by atoms with van der Waals surface area (Å²) in [6.07, 6.45) is 1.21. The fourth-order valence-corrected chi connectivity index (χ4v) is 4.55. The van der Waals surface area contributed by atoms with E-state index in [1.165, 1.54) is 18.2 Å². The number of aryl methyl sites for hydroxylation is 1. The van der Waals surface area contributed by atoms with Crippen molar-refractivity contribution in [2.45, 2.75) is 45.3 Å². The number of imidazole rings is 1. The first-order valence-corrected chi connectivity index (χ1v) is 11.6. The van der Waals surface area contributed by atoms with E-state index in [1.807, 2.05) is 29.7 Å². The maximum Gasteiger partial charge on any atom is 0.416 e. The molecule has 9 heteroatoms. The molecule has 6 nitrogen and oxygen atoms in total. The molecule has 1 unspecified atom stereocenters. The Bertz CT molecular complexity index is 1280. The lowest BCUT2D eigenvalue weighted by molar-refractivity contribution is -0.137. The van der Waals surface area contributed by atoms with Crippen molar-refractivity contribution in [3.8, 4) is 0 Å². The number of hydrogen-bond acceptors (Lipinski definition) is 3. The van der Waals surface area contributed by atoms with Gasteiger partial charge in [0.25, 0.3) is 5.91 Å². The lowest BCUT2D eigenvalue weighted by Gasteiger charge is -2.26. The number of rotatable bonds is 4. The number of halogens is 3. The Kier molecular flexibility index (Phi) is 6.95. The van der Waals surface area contributed by atoms with E-state index in [0.29, 0.717) is 18.6 Å². The number of nitrogens with zero attached hydrogens (tertiary/aromatic N) is 3. The van der Waals surface area contributed by atoms with Crippen molar-refractivity contribution in [1.29, 1.82) is 0 Å². The average molecular weight is 485 g/mol. The van der Waals surface area contributed by atoms with Crippen molar-refractivity contribution in [2.24, 2.45) is 0 Å². The summed E-state index contributed by atoms with van der Waals surface area (Å²) in [6.45, 7) is 4.81.